The lowest BCUT2D eigenvalue weighted by Gasteiger charge is -2.09. The fourth-order valence-electron chi connectivity index (χ4n) is 2.51. The molecule has 0 saturated heterocycles. The van der Waals surface area contributed by atoms with Crippen LogP contribution in [0.1, 0.15) is 49.6 Å². The lowest BCUT2D eigenvalue weighted by atomic mass is 9.96. The van der Waals surface area contributed by atoms with Crippen LogP contribution in [0.4, 0.5) is 0 Å². The van der Waals surface area contributed by atoms with Gasteiger partial charge in [-0.3, -0.25) is 0 Å². The molecule has 0 spiro atoms. The lowest BCUT2D eigenvalue weighted by molar-refractivity contribution is 0.645. The monoisotopic (exact) mass is 275 g/mol. The van der Waals surface area contributed by atoms with E-state index in [1.54, 1.807) is 5.56 Å². The Morgan fingerprint density at radius 3 is 2.47 bits per heavy atom. The minimum Gasteiger partial charge on any atom is -0.315 e. The van der Waals surface area contributed by atoms with Gasteiger partial charge in [0.25, 0.3) is 0 Å². The molecule has 1 N–H and O–H groups in total. The van der Waals surface area contributed by atoms with Crippen LogP contribution < -0.4 is 5.32 Å². The van der Waals surface area contributed by atoms with Crippen molar-refractivity contribution in [3.8, 4) is 0 Å². The Kier molecular flexibility index (Phi) is 4.64. The van der Waals surface area contributed by atoms with Crippen LogP contribution in [0.2, 0.25) is 0 Å². The van der Waals surface area contributed by atoms with Crippen molar-refractivity contribution in [3.63, 3.8) is 0 Å². The molecule has 0 saturated carbocycles. The van der Waals surface area contributed by atoms with Gasteiger partial charge in [-0.05, 0) is 54.0 Å². The van der Waals surface area contributed by atoms with E-state index in [1.165, 1.54) is 26.9 Å². The van der Waals surface area contributed by atoms with Gasteiger partial charge in [0.1, 0.15) is 0 Å². The minimum atomic E-state index is 0.601. The van der Waals surface area contributed by atoms with Gasteiger partial charge in [-0.25, -0.2) is 0 Å². The van der Waals surface area contributed by atoms with Gasteiger partial charge >= 0.3 is 0 Å². The van der Waals surface area contributed by atoms with Gasteiger partial charge in [0.15, 0.2) is 0 Å². The van der Waals surface area contributed by atoms with Crippen molar-refractivity contribution >= 4 is 21.4 Å². The molecule has 0 bridgehead atoms. The topological polar surface area (TPSA) is 12.0 Å². The summed E-state index contributed by atoms with van der Waals surface area (Å²) in [6.45, 7) is 10.1. The summed E-state index contributed by atoms with van der Waals surface area (Å²) >= 11 is 1.95. The third kappa shape index (κ3) is 3.18. The number of nitrogens with one attached hydrogen (secondary N) is 1. The average Bonchev–Trinajstić information content (AvgIpc) is 2.67. The number of thiophene rings is 1. The van der Waals surface area contributed by atoms with Gasteiger partial charge in [0, 0.05) is 16.1 Å². The van der Waals surface area contributed by atoms with E-state index in [9.17, 15) is 0 Å². The van der Waals surface area contributed by atoms with Gasteiger partial charge in [-0.2, -0.15) is 0 Å². The van der Waals surface area contributed by atoms with E-state index < -0.39 is 0 Å². The molecule has 2 rings (SSSR count). The molecule has 1 nitrogen and oxygen atoms in total. The zero-order valence-corrected chi connectivity index (χ0v) is 13.5. The predicted molar refractivity (Wildman–Crippen MR) is 87.2 cm³/mol. The standard InChI is InChI=1S/C17H25NS/c1-11(2)8-14-15-9-13(12(3)4)6-7-16(15)19-17(14)10-18-5/h6-7,9,11-12,18H,8,10H2,1-5H3. The maximum atomic E-state index is 3.31. The number of rotatable bonds is 5. The average molecular weight is 275 g/mol. The second kappa shape index (κ2) is 6.06. The van der Waals surface area contributed by atoms with Crippen LogP contribution in [0.5, 0.6) is 0 Å². The van der Waals surface area contributed by atoms with E-state index in [1.807, 2.05) is 18.4 Å². The molecule has 2 heteroatoms. The van der Waals surface area contributed by atoms with Crippen molar-refractivity contribution in [2.45, 2.75) is 46.6 Å². The second-order valence-corrected chi connectivity index (χ2v) is 7.18. The van der Waals surface area contributed by atoms with Gasteiger partial charge < -0.3 is 5.32 Å². The Bertz CT molecular complexity index is 552. The van der Waals surface area contributed by atoms with E-state index in [0.29, 0.717) is 11.8 Å². The maximum Gasteiger partial charge on any atom is 0.0349 e. The molecule has 0 amide bonds. The van der Waals surface area contributed by atoms with Gasteiger partial charge in [0.2, 0.25) is 0 Å². The van der Waals surface area contributed by atoms with Crippen molar-refractivity contribution in [3.05, 3.63) is 34.2 Å². The van der Waals surface area contributed by atoms with Crippen molar-refractivity contribution in [2.75, 3.05) is 7.05 Å². The smallest absolute Gasteiger partial charge is 0.0349 e. The highest BCUT2D eigenvalue weighted by Gasteiger charge is 2.14. The van der Waals surface area contributed by atoms with E-state index in [0.717, 1.165) is 6.54 Å². The van der Waals surface area contributed by atoms with Crippen molar-refractivity contribution in [2.24, 2.45) is 5.92 Å². The molecule has 0 aliphatic rings. The molecular weight excluding hydrogens is 250 g/mol. The molecule has 0 radical (unpaired) electrons. The quantitative estimate of drug-likeness (QED) is 0.814. The molecular formula is C17H25NS. The number of benzene rings is 1. The molecule has 0 atom stereocenters. The number of hydrogen-bond donors (Lipinski definition) is 1. The largest absolute Gasteiger partial charge is 0.315 e. The fraction of sp³-hybridized carbons (Fsp3) is 0.529. The maximum absolute atomic E-state index is 3.31. The molecule has 1 aromatic carbocycles. The lowest BCUT2D eigenvalue weighted by Crippen LogP contribution is -2.06. The first kappa shape index (κ1) is 14.5. The first-order valence-corrected chi connectivity index (χ1v) is 8.03. The Balaban J connectivity index is 2.55. The summed E-state index contributed by atoms with van der Waals surface area (Å²) in [5.41, 5.74) is 3.01. The van der Waals surface area contributed by atoms with Crippen molar-refractivity contribution in [1.29, 1.82) is 0 Å². The molecule has 0 aliphatic heterocycles. The molecule has 1 aromatic heterocycles. The van der Waals surface area contributed by atoms with Gasteiger partial charge in [0.05, 0.1) is 0 Å². The van der Waals surface area contributed by atoms with E-state index in [4.69, 9.17) is 0 Å². The first-order valence-electron chi connectivity index (χ1n) is 7.21. The van der Waals surface area contributed by atoms with Gasteiger partial charge in [-0.15, -0.1) is 11.3 Å². The summed E-state index contributed by atoms with van der Waals surface area (Å²) in [4.78, 5) is 1.51. The fourth-order valence-corrected chi connectivity index (χ4v) is 3.74. The number of fused-ring (bicyclic) bond motifs is 1. The van der Waals surface area contributed by atoms with Crippen LogP contribution in [0.25, 0.3) is 10.1 Å². The first-order chi connectivity index (χ1) is 9.02. The highest BCUT2D eigenvalue weighted by Crippen LogP contribution is 2.35. The highest BCUT2D eigenvalue weighted by molar-refractivity contribution is 7.19. The highest BCUT2D eigenvalue weighted by atomic mass is 32.1. The molecule has 2 aromatic rings. The normalized spacial score (nSPS) is 11.9. The van der Waals surface area contributed by atoms with Crippen LogP contribution in [0.3, 0.4) is 0 Å². The van der Waals surface area contributed by atoms with Crippen LogP contribution in [-0.4, -0.2) is 7.05 Å². The third-order valence-corrected chi connectivity index (χ3v) is 4.73. The summed E-state index contributed by atoms with van der Waals surface area (Å²) < 4.78 is 1.44. The molecule has 104 valence electrons. The predicted octanol–water partition coefficient (Wildman–Crippen LogP) is 4.94. The van der Waals surface area contributed by atoms with Crippen molar-refractivity contribution in [1.82, 2.24) is 5.32 Å². The van der Waals surface area contributed by atoms with E-state index in [2.05, 4.69) is 51.2 Å². The van der Waals surface area contributed by atoms with Crippen LogP contribution in [0, 0.1) is 5.92 Å². The Hall–Kier alpha value is -0.860. The summed E-state index contributed by atoms with van der Waals surface area (Å²) in [6.07, 6.45) is 1.18. The van der Waals surface area contributed by atoms with Crippen molar-refractivity contribution < 1.29 is 0 Å². The number of hydrogen-bond acceptors (Lipinski definition) is 2. The molecule has 0 aliphatic carbocycles. The minimum absolute atomic E-state index is 0.601. The van der Waals surface area contributed by atoms with E-state index >= 15 is 0 Å². The molecule has 0 unspecified atom stereocenters. The summed E-state index contributed by atoms with van der Waals surface area (Å²) in [5.74, 6) is 1.31. The van der Waals surface area contributed by atoms with Crippen LogP contribution >= 0.6 is 11.3 Å². The Morgan fingerprint density at radius 1 is 1.16 bits per heavy atom. The summed E-state index contributed by atoms with van der Waals surface area (Å²) in [7, 11) is 2.03. The Morgan fingerprint density at radius 2 is 1.89 bits per heavy atom. The zero-order chi connectivity index (χ0) is 14.0. The summed E-state index contributed by atoms with van der Waals surface area (Å²) in [5, 5.41) is 4.79. The SMILES string of the molecule is CNCc1sc2ccc(C(C)C)cc2c1CC(C)C. The zero-order valence-electron chi connectivity index (χ0n) is 12.7. The summed E-state index contributed by atoms with van der Waals surface area (Å²) in [6, 6.07) is 7.00. The Labute approximate surface area is 121 Å². The van der Waals surface area contributed by atoms with E-state index in [-0.39, 0.29) is 0 Å². The molecule has 0 fully saturated rings. The third-order valence-electron chi connectivity index (χ3n) is 3.51. The molecule has 1 heterocycles. The second-order valence-electron chi connectivity index (χ2n) is 6.04. The van der Waals surface area contributed by atoms with Crippen LogP contribution in [0.15, 0.2) is 18.2 Å². The van der Waals surface area contributed by atoms with Crippen LogP contribution in [-0.2, 0) is 13.0 Å². The molecule has 19 heavy (non-hydrogen) atoms. The van der Waals surface area contributed by atoms with Gasteiger partial charge in [-0.1, -0.05) is 33.8 Å².